The number of hydrogen-bond donors (Lipinski definition) is 2. The smallest absolute Gasteiger partial charge is 0.317 e. The summed E-state index contributed by atoms with van der Waals surface area (Å²) in [6.45, 7) is 7.62. The van der Waals surface area contributed by atoms with E-state index in [0.29, 0.717) is 12.3 Å². The minimum atomic E-state index is -3.88. The van der Waals surface area contributed by atoms with Gasteiger partial charge in [-0.05, 0) is 69.7 Å². The van der Waals surface area contributed by atoms with Gasteiger partial charge in [-0.25, -0.2) is 13.2 Å². The third kappa shape index (κ3) is 5.93. The number of nitrogens with one attached hydrogen (secondary N) is 1. The van der Waals surface area contributed by atoms with Gasteiger partial charge in [-0.3, -0.25) is 0 Å². The second-order valence-corrected chi connectivity index (χ2v) is 11.7. The maximum Gasteiger partial charge on any atom is 0.317 e. The third-order valence-electron chi connectivity index (χ3n) is 6.54. The molecule has 1 aromatic rings. The quantitative estimate of drug-likeness (QED) is 0.632. The molecule has 1 aliphatic heterocycles. The molecule has 0 bridgehead atoms. The van der Waals surface area contributed by atoms with Crippen LogP contribution >= 0.6 is 0 Å². The molecule has 8 nitrogen and oxygen atoms in total. The van der Waals surface area contributed by atoms with Crippen LogP contribution in [0.25, 0.3) is 5.57 Å². The molecule has 3 rings (SSSR count). The third-order valence-corrected chi connectivity index (χ3v) is 8.56. The fourth-order valence-corrected chi connectivity index (χ4v) is 6.28. The summed E-state index contributed by atoms with van der Waals surface area (Å²) in [7, 11) is -2.17. The van der Waals surface area contributed by atoms with Crippen LogP contribution in [0.15, 0.2) is 29.2 Å². The van der Waals surface area contributed by atoms with Crippen LogP contribution in [0.4, 0.5) is 4.79 Å². The number of nitrogens with zero attached hydrogens (tertiary/aromatic N) is 2. The van der Waals surface area contributed by atoms with Gasteiger partial charge < -0.3 is 20.1 Å². The first-order valence-corrected chi connectivity index (χ1v) is 13.6. The number of likely N-dealkylation sites (N-methyl/N-ethyl adjacent to an activating group) is 1. The molecule has 0 aromatic heterocycles. The molecule has 0 saturated carbocycles. The monoisotopic (exact) mass is 493 g/mol. The molecule has 1 aromatic carbocycles. The van der Waals surface area contributed by atoms with E-state index in [9.17, 15) is 18.3 Å². The molecule has 9 heteroatoms. The first-order valence-electron chi connectivity index (χ1n) is 12.2. The summed E-state index contributed by atoms with van der Waals surface area (Å²) in [5, 5.41) is 12.7. The SMILES string of the molecule is CC(C)NC(=O)N(C)C[C@H]1Oc2cc(C3=CCCCC3)ccc2S(=O)(=O)N([C@@H](C)CO)C[C@@H]1C. The van der Waals surface area contributed by atoms with Crippen LogP contribution in [0.2, 0.25) is 0 Å². The molecule has 0 fully saturated rings. The van der Waals surface area contributed by atoms with E-state index in [-0.39, 0.29) is 36.0 Å². The van der Waals surface area contributed by atoms with Gasteiger partial charge in [-0.2, -0.15) is 4.31 Å². The Balaban J connectivity index is 2.03. The number of sulfonamides is 1. The van der Waals surface area contributed by atoms with Crippen LogP contribution in [0, 0.1) is 5.92 Å². The molecule has 0 unspecified atom stereocenters. The number of amides is 2. The number of carbonyl (C=O) groups excluding carboxylic acids is 1. The molecule has 34 heavy (non-hydrogen) atoms. The van der Waals surface area contributed by atoms with Gasteiger partial charge in [0.1, 0.15) is 16.7 Å². The highest BCUT2D eigenvalue weighted by atomic mass is 32.2. The van der Waals surface area contributed by atoms with Gasteiger partial charge in [-0.1, -0.05) is 19.1 Å². The number of ether oxygens (including phenoxy) is 1. The summed E-state index contributed by atoms with van der Waals surface area (Å²) < 4.78 is 35.0. The summed E-state index contributed by atoms with van der Waals surface area (Å²) in [6.07, 6.45) is 6.03. The van der Waals surface area contributed by atoms with Crippen LogP contribution in [0.1, 0.15) is 58.9 Å². The van der Waals surface area contributed by atoms with Crippen molar-refractivity contribution in [3.8, 4) is 5.75 Å². The van der Waals surface area contributed by atoms with Crippen LogP contribution in [0.5, 0.6) is 5.75 Å². The Morgan fingerprint density at radius 3 is 2.65 bits per heavy atom. The standard InChI is InChI=1S/C25H39N3O5S/c1-17(2)26-25(30)27(5)15-23-18(3)14-28(19(4)16-29)34(31,32)24-12-11-21(13-22(24)33-23)20-9-7-6-8-10-20/h9,11-13,17-19,23,29H,6-8,10,14-16H2,1-5H3,(H,26,30)/t18-,19-,23+/m0/s1. The Morgan fingerprint density at radius 2 is 2.03 bits per heavy atom. The predicted octanol–water partition coefficient (Wildman–Crippen LogP) is 3.46. The number of fused-ring (bicyclic) bond motifs is 1. The first-order chi connectivity index (χ1) is 16.0. The van der Waals surface area contributed by atoms with E-state index in [0.717, 1.165) is 31.2 Å². The fraction of sp³-hybridized carbons (Fsp3) is 0.640. The van der Waals surface area contributed by atoms with Crippen molar-refractivity contribution in [1.82, 2.24) is 14.5 Å². The fourth-order valence-electron chi connectivity index (χ4n) is 4.45. The van der Waals surface area contributed by atoms with E-state index in [4.69, 9.17) is 4.74 Å². The maximum absolute atomic E-state index is 13.6. The van der Waals surface area contributed by atoms with E-state index in [1.54, 1.807) is 24.9 Å². The highest BCUT2D eigenvalue weighted by molar-refractivity contribution is 7.89. The predicted molar refractivity (Wildman–Crippen MR) is 133 cm³/mol. The number of urea groups is 1. The maximum atomic E-state index is 13.6. The van der Waals surface area contributed by atoms with Crippen molar-refractivity contribution in [2.75, 3.05) is 26.7 Å². The summed E-state index contributed by atoms with van der Waals surface area (Å²) in [5.74, 6) is 0.0807. The number of aliphatic hydroxyl groups is 1. The zero-order valence-corrected chi connectivity index (χ0v) is 21.8. The lowest BCUT2D eigenvalue weighted by Crippen LogP contribution is -2.51. The summed E-state index contributed by atoms with van der Waals surface area (Å²) in [5.41, 5.74) is 2.17. The van der Waals surface area contributed by atoms with E-state index in [1.807, 2.05) is 32.9 Å². The van der Waals surface area contributed by atoms with Gasteiger partial charge in [-0.15, -0.1) is 0 Å². The van der Waals surface area contributed by atoms with Gasteiger partial charge in [0.2, 0.25) is 10.0 Å². The lowest BCUT2D eigenvalue weighted by Gasteiger charge is -2.37. The highest BCUT2D eigenvalue weighted by Gasteiger charge is 2.38. The van der Waals surface area contributed by atoms with Gasteiger partial charge in [0, 0.05) is 31.6 Å². The van der Waals surface area contributed by atoms with Crippen molar-refractivity contribution in [3.05, 3.63) is 29.8 Å². The molecule has 2 amide bonds. The Morgan fingerprint density at radius 1 is 1.29 bits per heavy atom. The number of benzene rings is 1. The van der Waals surface area contributed by atoms with Gasteiger partial charge in [0.15, 0.2) is 0 Å². The molecule has 190 valence electrons. The van der Waals surface area contributed by atoms with Crippen molar-refractivity contribution in [1.29, 1.82) is 0 Å². The van der Waals surface area contributed by atoms with Crippen molar-refractivity contribution in [2.45, 2.75) is 76.5 Å². The first kappa shape index (κ1) is 26.5. The second kappa shape index (κ2) is 11.1. The average Bonchev–Trinajstić information content (AvgIpc) is 2.80. The Kier molecular flexibility index (Phi) is 8.65. The zero-order chi connectivity index (χ0) is 25.0. The lowest BCUT2D eigenvalue weighted by molar-refractivity contribution is 0.0809. The lowest BCUT2D eigenvalue weighted by atomic mass is 9.93. The molecule has 2 aliphatic rings. The van der Waals surface area contributed by atoms with Crippen molar-refractivity contribution < 1.29 is 23.1 Å². The minimum absolute atomic E-state index is 0.00344. The minimum Gasteiger partial charge on any atom is -0.487 e. The van der Waals surface area contributed by atoms with Gasteiger partial charge in [0.25, 0.3) is 0 Å². The molecule has 3 atom stereocenters. The molecule has 2 N–H and O–H groups in total. The Hall–Kier alpha value is -2.10. The number of aliphatic hydroxyl groups excluding tert-OH is 1. The van der Waals surface area contributed by atoms with E-state index < -0.39 is 22.2 Å². The van der Waals surface area contributed by atoms with E-state index in [1.165, 1.54) is 9.88 Å². The topological polar surface area (TPSA) is 99.2 Å². The highest BCUT2D eigenvalue weighted by Crippen LogP contribution is 2.37. The second-order valence-electron chi connectivity index (χ2n) is 9.86. The normalized spacial score (nSPS) is 23.7. The Bertz CT molecular complexity index is 1010. The van der Waals surface area contributed by atoms with Crippen molar-refractivity contribution in [3.63, 3.8) is 0 Å². The zero-order valence-electron chi connectivity index (χ0n) is 21.0. The molecular formula is C25H39N3O5S. The van der Waals surface area contributed by atoms with Crippen molar-refractivity contribution in [2.24, 2.45) is 5.92 Å². The molecule has 0 spiro atoms. The summed E-state index contributed by atoms with van der Waals surface area (Å²) in [4.78, 5) is 14.2. The van der Waals surface area contributed by atoms with Crippen LogP contribution in [0.3, 0.4) is 0 Å². The number of carbonyl (C=O) groups is 1. The average molecular weight is 494 g/mol. The van der Waals surface area contributed by atoms with Crippen LogP contribution < -0.4 is 10.1 Å². The van der Waals surface area contributed by atoms with Gasteiger partial charge >= 0.3 is 6.03 Å². The number of allylic oxidation sites excluding steroid dienone is 2. The van der Waals surface area contributed by atoms with Crippen LogP contribution in [-0.4, -0.2) is 73.7 Å². The van der Waals surface area contributed by atoms with Crippen LogP contribution in [-0.2, 0) is 10.0 Å². The summed E-state index contributed by atoms with van der Waals surface area (Å²) >= 11 is 0. The molecule has 1 heterocycles. The van der Waals surface area contributed by atoms with Crippen molar-refractivity contribution >= 4 is 21.6 Å². The molecule has 0 radical (unpaired) electrons. The molecule has 0 saturated heterocycles. The Labute approximate surface area is 204 Å². The summed E-state index contributed by atoms with van der Waals surface area (Å²) in [6, 6.07) is 4.51. The molecule has 1 aliphatic carbocycles. The number of rotatable bonds is 6. The van der Waals surface area contributed by atoms with E-state index >= 15 is 0 Å². The van der Waals surface area contributed by atoms with Gasteiger partial charge in [0.05, 0.1) is 13.2 Å². The molecular weight excluding hydrogens is 454 g/mol. The largest absolute Gasteiger partial charge is 0.487 e. The number of hydrogen-bond acceptors (Lipinski definition) is 5. The van der Waals surface area contributed by atoms with E-state index in [2.05, 4.69) is 11.4 Å².